The third kappa shape index (κ3) is 2.53. The number of nitrogens with zero attached hydrogens (tertiary/aromatic N) is 1. The van der Waals surface area contributed by atoms with Crippen LogP contribution in [0, 0.1) is 11.7 Å². The maximum atomic E-state index is 13.7. The highest BCUT2D eigenvalue weighted by molar-refractivity contribution is 5.79. The third-order valence-corrected chi connectivity index (χ3v) is 3.69. The van der Waals surface area contributed by atoms with Gasteiger partial charge in [-0.15, -0.1) is 0 Å². The summed E-state index contributed by atoms with van der Waals surface area (Å²) >= 11 is 0. The fourth-order valence-corrected chi connectivity index (χ4v) is 2.37. The largest absolute Gasteiger partial charge is 0.339 e. The van der Waals surface area contributed by atoms with Crippen molar-refractivity contribution in [3.8, 4) is 0 Å². The number of carbonyl (C=O) groups excluding carboxylic acids is 1. The Morgan fingerprint density at radius 3 is 2.83 bits per heavy atom. The lowest BCUT2D eigenvalue weighted by molar-refractivity contribution is -0.135. The molecule has 2 rings (SSSR count). The number of halogens is 1. The van der Waals surface area contributed by atoms with Gasteiger partial charge in [0.2, 0.25) is 5.91 Å². The van der Waals surface area contributed by atoms with Gasteiger partial charge in [0, 0.05) is 19.2 Å². The maximum Gasteiger partial charge on any atom is 0.227 e. The van der Waals surface area contributed by atoms with Crippen LogP contribution in [0.15, 0.2) is 24.3 Å². The topological polar surface area (TPSA) is 32.3 Å². The van der Waals surface area contributed by atoms with Crippen molar-refractivity contribution in [3.63, 3.8) is 0 Å². The Hall–Kier alpha value is -1.42. The van der Waals surface area contributed by atoms with Crippen LogP contribution in [0.3, 0.4) is 0 Å². The van der Waals surface area contributed by atoms with Gasteiger partial charge in [-0.25, -0.2) is 4.39 Å². The molecule has 0 saturated carbocycles. The Morgan fingerprint density at radius 1 is 1.50 bits per heavy atom. The van der Waals surface area contributed by atoms with Crippen LogP contribution in [0.5, 0.6) is 0 Å². The molecule has 1 aliphatic heterocycles. The van der Waals surface area contributed by atoms with Crippen LogP contribution < -0.4 is 5.32 Å². The van der Waals surface area contributed by atoms with Crippen LogP contribution in [0.2, 0.25) is 0 Å². The van der Waals surface area contributed by atoms with Gasteiger partial charge in [-0.05, 0) is 26.0 Å². The van der Waals surface area contributed by atoms with E-state index in [0.29, 0.717) is 5.56 Å². The standard InChI is InChI=1S/C14H19FN2O/c1-10(12-5-3-4-6-13(12)15)17(2)14(18)11-7-8-16-9-11/h3-6,10-11,16H,7-9H2,1-2H3/t10-,11-/m1/s1. The van der Waals surface area contributed by atoms with Gasteiger partial charge in [0.05, 0.1) is 12.0 Å². The molecule has 18 heavy (non-hydrogen) atoms. The molecule has 0 aromatic heterocycles. The summed E-state index contributed by atoms with van der Waals surface area (Å²) in [6, 6.07) is 6.38. The molecule has 1 amide bonds. The Kier molecular flexibility index (Phi) is 3.97. The van der Waals surface area contributed by atoms with Crippen LogP contribution in [-0.2, 0) is 4.79 Å². The molecule has 4 heteroatoms. The second kappa shape index (κ2) is 5.48. The number of hydrogen-bond acceptors (Lipinski definition) is 2. The Morgan fingerprint density at radius 2 is 2.22 bits per heavy atom. The fraction of sp³-hybridized carbons (Fsp3) is 0.500. The molecule has 1 heterocycles. The minimum absolute atomic E-state index is 0.0317. The SMILES string of the molecule is C[C@H](c1ccccc1F)N(C)C(=O)[C@@H]1CCNC1. The maximum absolute atomic E-state index is 13.7. The first-order valence-electron chi connectivity index (χ1n) is 6.33. The molecule has 0 unspecified atom stereocenters. The van der Waals surface area contributed by atoms with Crippen LogP contribution in [0.4, 0.5) is 4.39 Å². The van der Waals surface area contributed by atoms with Crippen molar-refractivity contribution in [2.75, 3.05) is 20.1 Å². The van der Waals surface area contributed by atoms with E-state index in [4.69, 9.17) is 0 Å². The molecule has 0 radical (unpaired) electrons. The molecule has 98 valence electrons. The molecule has 1 aliphatic rings. The van der Waals surface area contributed by atoms with E-state index in [-0.39, 0.29) is 23.7 Å². The molecular weight excluding hydrogens is 231 g/mol. The molecule has 1 aromatic carbocycles. The zero-order chi connectivity index (χ0) is 13.1. The van der Waals surface area contributed by atoms with Crippen molar-refractivity contribution in [1.29, 1.82) is 0 Å². The van der Waals surface area contributed by atoms with Gasteiger partial charge in [0.15, 0.2) is 0 Å². The second-order valence-corrected chi connectivity index (χ2v) is 4.84. The number of carbonyl (C=O) groups is 1. The monoisotopic (exact) mass is 250 g/mol. The molecule has 1 saturated heterocycles. The lowest BCUT2D eigenvalue weighted by atomic mass is 10.0. The van der Waals surface area contributed by atoms with Crippen LogP contribution in [0.25, 0.3) is 0 Å². The molecular formula is C14H19FN2O. The van der Waals surface area contributed by atoms with Gasteiger partial charge in [0.1, 0.15) is 5.82 Å². The first-order chi connectivity index (χ1) is 8.61. The highest BCUT2D eigenvalue weighted by atomic mass is 19.1. The normalized spacial score (nSPS) is 20.7. The molecule has 1 fully saturated rings. The summed E-state index contributed by atoms with van der Waals surface area (Å²) in [7, 11) is 1.75. The predicted molar refractivity (Wildman–Crippen MR) is 68.6 cm³/mol. The van der Waals surface area contributed by atoms with E-state index in [1.807, 2.05) is 6.92 Å². The minimum atomic E-state index is -0.255. The smallest absolute Gasteiger partial charge is 0.227 e. The van der Waals surface area contributed by atoms with Crippen molar-refractivity contribution in [3.05, 3.63) is 35.6 Å². The van der Waals surface area contributed by atoms with Crippen molar-refractivity contribution in [1.82, 2.24) is 10.2 Å². The van der Waals surface area contributed by atoms with Crippen LogP contribution in [-0.4, -0.2) is 30.9 Å². The molecule has 1 N–H and O–H groups in total. The van der Waals surface area contributed by atoms with Gasteiger partial charge in [0.25, 0.3) is 0 Å². The van der Waals surface area contributed by atoms with Crippen molar-refractivity contribution in [2.24, 2.45) is 5.92 Å². The Bertz CT molecular complexity index is 430. The molecule has 2 atom stereocenters. The molecule has 0 aliphatic carbocycles. The Labute approximate surface area is 107 Å². The van der Waals surface area contributed by atoms with Crippen molar-refractivity contribution >= 4 is 5.91 Å². The van der Waals surface area contributed by atoms with Gasteiger partial charge >= 0.3 is 0 Å². The van der Waals surface area contributed by atoms with Crippen LogP contribution >= 0.6 is 0 Å². The number of hydrogen-bond donors (Lipinski definition) is 1. The van der Waals surface area contributed by atoms with E-state index in [9.17, 15) is 9.18 Å². The first kappa shape index (κ1) is 13.0. The molecule has 0 spiro atoms. The summed E-state index contributed by atoms with van der Waals surface area (Å²) in [5.74, 6) is -0.130. The fourth-order valence-electron chi connectivity index (χ4n) is 2.37. The number of amides is 1. The zero-order valence-electron chi connectivity index (χ0n) is 10.8. The summed E-state index contributed by atoms with van der Waals surface area (Å²) in [5, 5.41) is 3.18. The highest BCUT2D eigenvalue weighted by Gasteiger charge is 2.28. The van der Waals surface area contributed by atoms with Gasteiger partial charge < -0.3 is 10.2 Å². The van der Waals surface area contributed by atoms with E-state index >= 15 is 0 Å². The van der Waals surface area contributed by atoms with E-state index in [1.54, 1.807) is 30.1 Å². The predicted octanol–water partition coefficient (Wildman–Crippen LogP) is 1.95. The van der Waals surface area contributed by atoms with Crippen LogP contribution in [0.1, 0.15) is 24.9 Å². The summed E-state index contributed by atoms with van der Waals surface area (Å²) in [6.45, 7) is 3.48. The quantitative estimate of drug-likeness (QED) is 0.889. The van der Waals surface area contributed by atoms with Crippen molar-refractivity contribution < 1.29 is 9.18 Å². The number of benzene rings is 1. The lowest BCUT2D eigenvalue weighted by Crippen LogP contribution is -2.36. The van der Waals surface area contributed by atoms with Gasteiger partial charge in [-0.3, -0.25) is 4.79 Å². The van der Waals surface area contributed by atoms with E-state index < -0.39 is 0 Å². The summed E-state index contributed by atoms with van der Waals surface area (Å²) < 4.78 is 13.7. The van der Waals surface area contributed by atoms with Gasteiger partial charge in [-0.2, -0.15) is 0 Å². The lowest BCUT2D eigenvalue weighted by Gasteiger charge is -2.28. The van der Waals surface area contributed by atoms with Crippen molar-refractivity contribution in [2.45, 2.75) is 19.4 Å². The first-order valence-corrected chi connectivity index (χ1v) is 6.33. The number of nitrogens with one attached hydrogen (secondary N) is 1. The van der Waals surface area contributed by atoms with Gasteiger partial charge in [-0.1, -0.05) is 18.2 Å². The average Bonchev–Trinajstić information content (AvgIpc) is 2.90. The molecule has 1 aromatic rings. The summed E-state index contributed by atoms with van der Waals surface area (Å²) in [6.07, 6.45) is 0.868. The summed E-state index contributed by atoms with van der Waals surface area (Å²) in [4.78, 5) is 13.9. The van der Waals surface area contributed by atoms with E-state index in [0.717, 1.165) is 19.5 Å². The molecule has 3 nitrogen and oxygen atoms in total. The average molecular weight is 250 g/mol. The highest BCUT2D eigenvalue weighted by Crippen LogP contribution is 2.24. The minimum Gasteiger partial charge on any atom is -0.339 e. The van der Waals surface area contributed by atoms with E-state index in [2.05, 4.69) is 5.32 Å². The molecule has 0 bridgehead atoms. The van der Waals surface area contributed by atoms with E-state index in [1.165, 1.54) is 6.07 Å². The zero-order valence-corrected chi connectivity index (χ0v) is 10.8. The number of rotatable bonds is 3. The second-order valence-electron chi connectivity index (χ2n) is 4.84. The Balaban J connectivity index is 2.10. The third-order valence-electron chi connectivity index (χ3n) is 3.69. The summed E-state index contributed by atoms with van der Waals surface area (Å²) in [5.41, 5.74) is 0.569.